The fourth-order valence-corrected chi connectivity index (χ4v) is 6.81. The number of aryl methyl sites for hydroxylation is 1. The lowest BCUT2D eigenvalue weighted by molar-refractivity contribution is -0.137. The van der Waals surface area contributed by atoms with Gasteiger partial charge in [-0.15, -0.1) is 0 Å². The van der Waals surface area contributed by atoms with Crippen molar-refractivity contribution in [1.29, 1.82) is 5.26 Å². The molecule has 0 saturated carbocycles. The van der Waals surface area contributed by atoms with E-state index in [-0.39, 0.29) is 41.9 Å². The minimum Gasteiger partial charge on any atom is -0.327 e. The van der Waals surface area contributed by atoms with Crippen molar-refractivity contribution in [3.63, 3.8) is 0 Å². The molecule has 3 atom stereocenters. The molecule has 2 aromatic carbocycles. The second kappa shape index (κ2) is 11.5. The lowest BCUT2D eigenvalue weighted by Gasteiger charge is -2.35. The van der Waals surface area contributed by atoms with Gasteiger partial charge in [0.1, 0.15) is 23.6 Å². The SMILES string of the molecule is CC(C)C[C@H]1C(=O)N2C[C@]3(C[C@H]2C#N)C(=O)Nc2ccc(cc23)CCCCCN1C(=O)c1cnn(-c2ccc(F)cc2F)c1. The number of anilines is 1. The number of carbonyl (C=O) groups excluding carboxylic acids is 3. The van der Waals surface area contributed by atoms with Gasteiger partial charge in [-0.3, -0.25) is 14.4 Å². The molecular formula is C33H34F2N6O3. The molecule has 11 heteroatoms. The molecular weight excluding hydrogens is 566 g/mol. The van der Waals surface area contributed by atoms with Crippen molar-refractivity contribution < 1.29 is 23.2 Å². The molecule has 3 aliphatic rings. The van der Waals surface area contributed by atoms with Gasteiger partial charge in [-0.25, -0.2) is 13.5 Å². The van der Waals surface area contributed by atoms with E-state index in [1.165, 1.54) is 28.0 Å². The number of hydrogen-bond acceptors (Lipinski definition) is 5. The average molecular weight is 601 g/mol. The van der Waals surface area contributed by atoms with Crippen molar-refractivity contribution in [2.45, 2.75) is 69.9 Å². The summed E-state index contributed by atoms with van der Waals surface area (Å²) in [5.41, 5.74) is 1.71. The summed E-state index contributed by atoms with van der Waals surface area (Å²) in [7, 11) is 0. The number of aromatic nitrogens is 2. The fourth-order valence-electron chi connectivity index (χ4n) is 6.81. The second-order valence-corrected chi connectivity index (χ2v) is 12.5. The third-order valence-electron chi connectivity index (χ3n) is 9.04. The summed E-state index contributed by atoms with van der Waals surface area (Å²) in [6.45, 7) is 4.27. The number of benzene rings is 2. The van der Waals surface area contributed by atoms with Crippen LogP contribution < -0.4 is 5.32 Å². The normalized spacial score (nSPS) is 23.5. The standard InChI is InChI=1S/C33H34F2N6O3/c1-20(2)12-29-31(43)40-19-33(15-24(40)16-36)25-13-21(7-9-27(25)38-32(33)44)6-4-3-5-11-39(29)30(42)22-17-37-41(18-22)28-10-8-23(34)14-26(28)35/h7-10,13-14,17-18,20,24,29H,3-6,11-12,15,19H2,1-2H3,(H,38,44)/t24-,29-,33-/m0/s1. The highest BCUT2D eigenvalue weighted by Gasteiger charge is 2.57. The zero-order valence-corrected chi connectivity index (χ0v) is 24.7. The zero-order valence-electron chi connectivity index (χ0n) is 24.7. The van der Waals surface area contributed by atoms with Crippen LogP contribution in [0.3, 0.4) is 0 Å². The predicted molar refractivity (Wildman–Crippen MR) is 158 cm³/mol. The number of fused-ring (bicyclic) bond motifs is 2. The molecule has 4 bridgehead atoms. The highest BCUT2D eigenvalue weighted by atomic mass is 19.1. The Morgan fingerprint density at radius 1 is 1.16 bits per heavy atom. The Labute approximate surface area is 254 Å². The number of hydrogen-bond donors (Lipinski definition) is 1. The van der Waals surface area contributed by atoms with Gasteiger partial charge in [-0.1, -0.05) is 32.4 Å². The van der Waals surface area contributed by atoms with E-state index in [4.69, 9.17) is 0 Å². The maximum Gasteiger partial charge on any atom is 0.257 e. The first kappa shape index (κ1) is 29.5. The van der Waals surface area contributed by atoms with Gasteiger partial charge in [0.15, 0.2) is 5.82 Å². The minimum atomic E-state index is -1.04. The van der Waals surface area contributed by atoms with Gasteiger partial charge in [0.05, 0.1) is 23.2 Å². The summed E-state index contributed by atoms with van der Waals surface area (Å²) in [6.07, 6.45) is 6.30. The van der Waals surface area contributed by atoms with E-state index in [0.717, 1.165) is 42.5 Å². The van der Waals surface area contributed by atoms with Crippen LogP contribution in [-0.2, 0) is 21.4 Å². The van der Waals surface area contributed by atoms with E-state index in [1.807, 2.05) is 32.0 Å². The molecule has 4 heterocycles. The number of nitriles is 1. The maximum absolute atomic E-state index is 14.5. The van der Waals surface area contributed by atoms with E-state index in [9.17, 15) is 28.4 Å². The van der Waals surface area contributed by atoms with Crippen LogP contribution in [0.25, 0.3) is 5.69 Å². The first-order valence-electron chi connectivity index (χ1n) is 15.1. The lowest BCUT2D eigenvalue weighted by Crippen LogP contribution is -2.53. The Bertz CT molecular complexity index is 1680. The van der Waals surface area contributed by atoms with Gasteiger partial charge in [0.2, 0.25) is 11.8 Å². The number of halogens is 2. The van der Waals surface area contributed by atoms with Crippen LogP contribution in [-0.4, -0.2) is 62.5 Å². The van der Waals surface area contributed by atoms with Crippen molar-refractivity contribution in [1.82, 2.24) is 19.6 Å². The second-order valence-electron chi connectivity index (χ2n) is 12.5. The van der Waals surface area contributed by atoms with Gasteiger partial charge in [0.25, 0.3) is 5.91 Å². The first-order valence-corrected chi connectivity index (χ1v) is 15.1. The average Bonchev–Trinajstić information content (AvgIpc) is 3.70. The van der Waals surface area contributed by atoms with Crippen molar-refractivity contribution in [3.05, 3.63) is 77.1 Å². The molecule has 228 valence electrons. The first-order chi connectivity index (χ1) is 21.1. The van der Waals surface area contributed by atoms with E-state index in [1.54, 1.807) is 4.90 Å². The van der Waals surface area contributed by atoms with E-state index in [0.29, 0.717) is 25.1 Å². The van der Waals surface area contributed by atoms with Crippen LogP contribution >= 0.6 is 0 Å². The fraction of sp³-hybridized carbons (Fsp3) is 0.424. The molecule has 1 fully saturated rings. The summed E-state index contributed by atoms with van der Waals surface area (Å²) in [5.74, 6) is -2.56. The Kier molecular flexibility index (Phi) is 7.70. The number of amides is 3. The maximum atomic E-state index is 14.5. The van der Waals surface area contributed by atoms with E-state index >= 15 is 0 Å². The molecule has 6 rings (SSSR count). The zero-order chi connectivity index (χ0) is 31.2. The highest BCUT2D eigenvalue weighted by molar-refractivity contribution is 6.07. The number of nitrogens with zero attached hydrogens (tertiary/aromatic N) is 5. The topological polar surface area (TPSA) is 111 Å². The van der Waals surface area contributed by atoms with Crippen molar-refractivity contribution in [2.24, 2.45) is 5.92 Å². The number of nitrogens with one attached hydrogen (secondary N) is 1. The quantitative estimate of drug-likeness (QED) is 0.465. The molecule has 1 aromatic heterocycles. The van der Waals surface area contributed by atoms with Gasteiger partial charge >= 0.3 is 0 Å². The summed E-state index contributed by atoms with van der Waals surface area (Å²) >= 11 is 0. The predicted octanol–water partition coefficient (Wildman–Crippen LogP) is 4.75. The molecule has 0 radical (unpaired) electrons. The molecule has 44 heavy (non-hydrogen) atoms. The largest absolute Gasteiger partial charge is 0.327 e. The summed E-state index contributed by atoms with van der Waals surface area (Å²) < 4.78 is 29.2. The van der Waals surface area contributed by atoms with Crippen LogP contribution in [0.5, 0.6) is 0 Å². The molecule has 1 saturated heterocycles. The smallest absolute Gasteiger partial charge is 0.257 e. The van der Waals surface area contributed by atoms with E-state index < -0.39 is 35.0 Å². The summed E-state index contributed by atoms with van der Waals surface area (Å²) in [6, 6.07) is 9.57. The van der Waals surface area contributed by atoms with Gasteiger partial charge < -0.3 is 15.1 Å². The van der Waals surface area contributed by atoms with E-state index in [2.05, 4.69) is 16.5 Å². The highest BCUT2D eigenvalue weighted by Crippen LogP contribution is 2.47. The molecule has 9 nitrogen and oxygen atoms in total. The molecule has 1 N–H and O–H groups in total. The molecule has 0 unspecified atom stereocenters. The third-order valence-corrected chi connectivity index (χ3v) is 9.04. The van der Waals surface area contributed by atoms with Crippen molar-refractivity contribution >= 4 is 23.4 Å². The molecule has 1 spiro atoms. The number of rotatable bonds is 4. The van der Waals surface area contributed by atoms with Crippen LogP contribution in [0.4, 0.5) is 14.5 Å². The van der Waals surface area contributed by atoms with Gasteiger partial charge in [0, 0.05) is 37.5 Å². The van der Waals surface area contributed by atoms with Crippen molar-refractivity contribution in [2.75, 3.05) is 18.4 Å². The van der Waals surface area contributed by atoms with Crippen molar-refractivity contribution in [3.8, 4) is 11.8 Å². The summed E-state index contributed by atoms with van der Waals surface area (Å²) in [5, 5.41) is 17.3. The number of carbonyl (C=O) groups is 3. The van der Waals surface area contributed by atoms with Gasteiger partial charge in [-0.2, -0.15) is 10.4 Å². The Morgan fingerprint density at radius 3 is 2.73 bits per heavy atom. The van der Waals surface area contributed by atoms with Crippen LogP contribution in [0.2, 0.25) is 0 Å². The van der Waals surface area contributed by atoms with Crippen LogP contribution in [0.1, 0.15) is 67.4 Å². The molecule has 0 aliphatic carbocycles. The minimum absolute atomic E-state index is 0.0158. The molecule has 3 aliphatic heterocycles. The Morgan fingerprint density at radius 2 is 1.98 bits per heavy atom. The molecule has 3 aromatic rings. The Hall–Kier alpha value is -4.59. The summed E-state index contributed by atoms with van der Waals surface area (Å²) in [4.78, 5) is 45.1. The van der Waals surface area contributed by atoms with Crippen LogP contribution in [0, 0.1) is 28.9 Å². The van der Waals surface area contributed by atoms with Gasteiger partial charge in [-0.05, 0) is 60.9 Å². The molecule has 3 amide bonds. The lowest BCUT2D eigenvalue weighted by atomic mass is 9.79. The monoisotopic (exact) mass is 600 g/mol. The Balaban J connectivity index is 1.38. The third kappa shape index (κ3) is 5.12. The van der Waals surface area contributed by atoms with Crippen LogP contribution in [0.15, 0.2) is 48.8 Å².